The quantitative estimate of drug-likeness (QED) is 0.746. The Kier molecular flexibility index (Phi) is 13.3. The predicted octanol–water partition coefficient (Wildman–Crippen LogP) is 2.96. The average molecular weight is 234 g/mol. The lowest BCUT2D eigenvalue weighted by molar-refractivity contribution is -0.138. The van der Waals surface area contributed by atoms with E-state index in [1.54, 1.807) is 0 Å². The van der Waals surface area contributed by atoms with Gasteiger partial charge in [0.2, 0.25) is 0 Å². The minimum atomic E-state index is -0.713. The fourth-order valence-corrected chi connectivity index (χ4v) is 0.987. The third-order valence-electron chi connectivity index (χ3n) is 1.63. The molecule has 0 aromatic heterocycles. The Morgan fingerprint density at radius 1 is 1.50 bits per heavy atom. The number of cyclic esters (lactones) is 1. The van der Waals surface area contributed by atoms with Crippen molar-refractivity contribution in [1.29, 1.82) is 0 Å². The molecule has 1 rings (SSSR count). The molecule has 0 spiro atoms. The Bertz CT molecular complexity index is 199. The smallest absolute Gasteiger partial charge is 0.306 e. The molecule has 1 heterocycles. The molecule has 0 aromatic carbocycles. The Morgan fingerprint density at radius 2 is 2.00 bits per heavy atom. The lowest BCUT2D eigenvalue weighted by atomic mass is 10.1. The summed E-state index contributed by atoms with van der Waals surface area (Å²) in [6.45, 7) is 6.39. The van der Waals surface area contributed by atoms with Gasteiger partial charge in [0.15, 0.2) is 0 Å². The minimum absolute atomic E-state index is 0. The molecule has 0 radical (unpaired) electrons. The van der Waals surface area contributed by atoms with Crippen molar-refractivity contribution in [3.8, 4) is 0 Å². The zero-order chi connectivity index (χ0) is 11.1. The molecular weight excluding hydrogens is 208 g/mol. The molecule has 4 nitrogen and oxygen atoms in total. The maximum absolute atomic E-state index is 10.2. The number of hydrogen-bond donors (Lipinski definition) is 1. The Labute approximate surface area is 99.0 Å². The van der Waals surface area contributed by atoms with E-state index in [4.69, 9.17) is 5.11 Å². The molecule has 0 bridgehead atoms. The number of carboxylic acid groups (broad SMARTS) is 1. The fraction of sp³-hybridized carbons (Fsp3) is 0.833. The van der Waals surface area contributed by atoms with Crippen molar-refractivity contribution >= 4 is 11.9 Å². The summed E-state index contributed by atoms with van der Waals surface area (Å²) in [6, 6.07) is 0. The number of carboxylic acids is 1. The molecule has 1 aliphatic heterocycles. The van der Waals surface area contributed by atoms with Gasteiger partial charge >= 0.3 is 11.9 Å². The number of carbonyl (C=O) groups excluding carboxylic acids is 1. The summed E-state index contributed by atoms with van der Waals surface area (Å²) < 4.78 is 4.63. The van der Waals surface area contributed by atoms with Crippen LogP contribution in [-0.4, -0.2) is 23.7 Å². The second-order valence-electron chi connectivity index (χ2n) is 3.98. The van der Waals surface area contributed by atoms with Gasteiger partial charge < -0.3 is 9.84 Å². The molecule has 0 aliphatic carbocycles. The van der Waals surface area contributed by atoms with Crippen LogP contribution in [0, 0.1) is 11.8 Å². The second-order valence-corrected chi connectivity index (χ2v) is 3.98. The fourth-order valence-electron chi connectivity index (χ4n) is 0.987. The molecule has 98 valence electrons. The van der Waals surface area contributed by atoms with E-state index in [9.17, 15) is 9.59 Å². The van der Waals surface area contributed by atoms with Crippen LogP contribution < -0.4 is 0 Å². The summed E-state index contributed by atoms with van der Waals surface area (Å²) >= 11 is 0. The van der Waals surface area contributed by atoms with Gasteiger partial charge in [0.25, 0.3) is 0 Å². The molecular formula is C12H26O4. The maximum atomic E-state index is 10.2. The largest absolute Gasteiger partial charge is 0.481 e. The Balaban J connectivity index is -0.000000188. The molecule has 1 fully saturated rings. The van der Waals surface area contributed by atoms with Crippen molar-refractivity contribution in [1.82, 2.24) is 0 Å². The van der Waals surface area contributed by atoms with Crippen molar-refractivity contribution in [3.63, 3.8) is 0 Å². The Hall–Kier alpha value is -1.06. The lowest BCUT2D eigenvalue weighted by Gasteiger charge is -1.94. The van der Waals surface area contributed by atoms with Gasteiger partial charge in [0, 0.05) is 12.3 Å². The number of ether oxygens (including phenoxy) is 1. The van der Waals surface area contributed by atoms with E-state index in [0.29, 0.717) is 18.9 Å². The van der Waals surface area contributed by atoms with Gasteiger partial charge in [-0.3, -0.25) is 9.59 Å². The van der Waals surface area contributed by atoms with Crippen molar-refractivity contribution in [2.75, 3.05) is 6.61 Å². The van der Waals surface area contributed by atoms with Crippen LogP contribution in [0.3, 0.4) is 0 Å². The van der Waals surface area contributed by atoms with E-state index in [1.165, 1.54) is 0 Å². The summed E-state index contributed by atoms with van der Waals surface area (Å²) in [5.41, 5.74) is 0. The first-order valence-corrected chi connectivity index (χ1v) is 4.79. The number of rotatable bonds is 2. The van der Waals surface area contributed by atoms with Crippen LogP contribution >= 0.6 is 0 Å². The first kappa shape index (κ1) is 20.4. The maximum Gasteiger partial charge on any atom is 0.306 e. The first-order chi connectivity index (χ1) is 6.41. The van der Waals surface area contributed by atoms with Crippen LogP contribution in [0.15, 0.2) is 0 Å². The van der Waals surface area contributed by atoms with Crippen LogP contribution in [0.25, 0.3) is 0 Å². The molecule has 1 N–H and O–H groups in total. The molecule has 0 saturated carbocycles. The van der Waals surface area contributed by atoms with Gasteiger partial charge in [-0.1, -0.05) is 35.6 Å². The van der Waals surface area contributed by atoms with Gasteiger partial charge in [0.1, 0.15) is 0 Å². The highest BCUT2D eigenvalue weighted by atomic mass is 16.5. The van der Waals surface area contributed by atoms with Crippen molar-refractivity contribution in [2.45, 2.75) is 48.5 Å². The third-order valence-corrected chi connectivity index (χ3v) is 1.63. The zero-order valence-corrected chi connectivity index (χ0v) is 8.95. The number of aliphatic carboxylic acids is 1. The number of hydrogen-bond acceptors (Lipinski definition) is 3. The standard InChI is InChI=1S/C5H8O2.C5H10O2.2CH4/c1-4-2-5(6)7-3-4;1-4(2)3-5(6)7;;/h4H,2-3H2,1H3;4H,3H2,1-2H3,(H,6,7);2*1H4. The van der Waals surface area contributed by atoms with Gasteiger partial charge in [0.05, 0.1) is 13.0 Å². The molecule has 4 heteroatoms. The van der Waals surface area contributed by atoms with E-state index >= 15 is 0 Å². The van der Waals surface area contributed by atoms with E-state index < -0.39 is 5.97 Å². The minimum Gasteiger partial charge on any atom is -0.481 e. The predicted molar refractivity (Wildman–Crippen MR) is 65.3 cm³/mol. The molecule has 1 atom stereocenters. The molecule has 1 unspecified atom stereocenters. The van der Waals surface area contributed by atoms with E-state index in [2.05, 4.69) is 4.74 Å². The van der Waals surface area contributed by atoms with Crippen molar-refractivity contribution in [2.24, 2.45) is 11.8 Å². The van der Waals surface area contributed by atoms with Gasteiger partial charge in [-0.25, -0.2) is 0 Å². The molecule has 1 aliphatic rings. The highest BCUT2D eigenvalue weighted by molar-refractivity contribution is 5.71. The monoisotopic (exact) mass is 234 g/mol. The normalized spacial score (nSPS) is 17.5. The SMILES string of the molecule is C.C.CC(C)CC(=O)O.CC1COC(=O)C1. The van der Waals surface area contributed by atoms with E-state index in [1.807, 2.05) is 20.8 Å². The van der Waals surface area contributed by atoms with Crippen LogP contribution in [0.1, 0.15) is 48.5 Å². The van der Waals surface area contributed by atoms with Crippen molar-refractivity contribution in [3.05, 3.63) is 0 Å². The Morgan fingerprint density at radius 3 is 2.06 bits per heavy atom. The molecule has 1 saturated heterocycles. The highest BCUT2D eigenvalue weighted by Crippen LogP contribution is 2.11. The van der Waals surface area contributed by atoms with Gasteiger partial charge in [-0.05, 0) is 5.92 Å². The summed E-state index contributed by atoms with van der Waals surface area (Å²) in [6.07, 6.45) is 0.889. The zero-order valence-electron chi connectivity index (χ0n) is 8.95. The third kappa shape index (κ3) is 12.9. The van der Waals surface area contributed by atoms with Crippen LogP contribution in [0.2, 0.25) is 0 Å². The summed E-state index contributed by atoms with van der Waals surface area (Å²) in [5.74, 6) is -0.0347. The van der Waals surface area contributed by atoms with Gasteiger partial charge in [-0.15, -0.1) is 0 Å². The lowest BCUT2D eigenvalue weighted by Crippen LogP contribution is -1.99. The number of esters is 1. The second kappa shape index (κ2) is 10.5. The van der Waals surface area contributed by atoms with Crippen LogP contribution in [0.5, 0.6) is 0 Å². The topological polar surface area (TPSA) is 63.6 Å². The van der Waals surface area contributed by atoms with Crippen molar-refractivity contribution < 1.29 is 19.4 Å². The van der Waals surface area contributed by atoms with E-state index in [0.717, 1.165) is 0 Å². The molecule has 0 aromatic rings. The summed E-state index contributed by atoms with van der Waals surface area (Å²) in [5, 5.41) is 8.08. The molecule has 16 heavy (non-hydrogen) atoms. The summed E-state index contributed by atoms with van der Waals surface area (Å²) in [4.78, 5) is 20.0. The number of carbonyl (C=O) groups is 2. The average Bonchev–Trinajstić information content (AvgIpc) is 2.32. The molecule has 0 amide bonds. The summed E-state index contributed by atoms with van der Waals surface area (Å²) in [7, 11) is 0. The van der Waals surface area contributed by atoms with Crippen LogP contribution in [0.4, 0.5) is 0 Å². The van der Waals surface area contributed by atoms with E-state index in [-0.39, 0.29) is 33.2 Å². The first-order valence-electron chi connectivity index (χ1n) is 4.79. The van der Waals surface area contributed by atoms with Crippen LogP contribution in [-0.2, 0) is 14.3 Å². The van der Waals surface area contributed by atoms with Gasteiger partial charge in [-0.2, -0.15) is 0 Å². The highest BCUT2D eigenvalue weighted by Gasteiger charge is 2.18.